The zero-order chi connectivity index (χ0) is 24.2. The third-order valence-electron chi connectivity index (χ3n) is 5.30. The number of hydrogen-bond acceptors (Lipinski definition) is 5. The van der Waals surface area contributed by atoms with Gasteiger partial charge in [-0.1, -0.05) is 30.3 Å². The number of nitrogens with zero attached hydrogens (tertiary/aromatic N) is 1. The third-order valence-corrected chi connectivity index (χ3v) is 7.26. The zero-order valence-electron chi connectivity index (χ0n) is 17.7. The number of esters is 1. The standard InChI is InChI=1S/C22H23F3N2O5S/c1-15(20(28)26-17-7-3-2-4-8-17)32-21(29)16-11-13-27(14-12-16)33(30,31)19-10-6-5-9-18(19)22(23,24)25/h2-10,15-16H,11-14H2,1H3,(H,26,28). The molecule has 0 aromatic heterocycles. The smallest absolute Gasteiger partial charge is 0.417 e. The van der Waals surface area contributed by atoms with Gasteiger partial charge in [0.2, 0.25) is 10.0 Å². The van der Waals surface area contributed by atoms with Crippen molar-refractivity contribution in [2.75, 3.05) is 18.4 Å². The molecular weight excluding hydrogens is 461 g/mol. The summed E-state index contributed by atoms with van der Waals surface area (Å²) < 4.78 is 71.6. The van der Waals surface area contributed by atoms with Crippen LogP contribution in [0.3, 0.4) is 0 Å². The van der Waals surface area contributed by atoms with Crippen LogP contribution in [0.2, 0.25) is 0 Å². The van der Waals surface area contributed by atoms with Crippen LogP contribution in [0, 0.1) is 5.92 Å². The maximum Gasteiger partial charge on any atom is 0.417 e. The molecule has 1 aliphatic heterocycles. The molecule has 1 heterocycles. The lowest BCUT2D eigenvalue weighted by Crippen LogP contribution is -2.42. The van der Waals surface area contributed by atoms with Gasteiger partial charge in [-0.2, -0.15) is 17.5 Å². The highest BCUT2D eigenvalue weighted by atomic mass is 32.2. The Morgan fingerprint density at radius 2 is 1.61 bits per heavy atom. The van der Waals surface area contributed by atoms with E-state index in [1.807, 2.05) is 0 Å². The normalized spacial score (nSPS) is 16.7. The molecule has 0 radical (unpaired) electrons. The van der Waals surface area contributed by atoms with Crippen LogP contribution < -0.4 is 5.32 Å². The Balaban J connectivity index is 1.59. The lowest BCUT2D eigenvalue weighted by Gasteiger charge is -2.31. The van der Waals surface area contributed by atoms with E-state index >= 15 is 0 Å². The molecule has 3 rings (SSSR count). The first kappa shape index (κ1) is 24.7. The molecule has 0 saturated carbocycles. The summed E-state index contributed by atoms with van der Waals surface area (Å²) in [5.74, 6) is -1.84. The van der Waals surface area contributed by atoms with Gasteiger partial charge in [0, 0.05) is 18.8 Å². The van der Waals surface area contributed by atoms with Gasteiger partial charge in [0.15, 0.2) is 6.10 Å². The Labute approximate surface area is 189 Å². The van der Waals surface area contributed by atoms with E-state index in [1.54, 1.807) is 30.3 Å². The van der Waals surface area contributed by atoms with Crippen LogP contribution in [-0.2, 0) is 30.5 Å². The van der Waals surface area contributed by atoms with Gasteiger partial charge in [0.25, 0.3) is 5.91 Å². The SMILES string of the molecule is CC(OC(=O)C1CCN(S(=O)(=O)c2ccccc2C(F)(F)F)CC1)C(=O)Nc1ccccc1. The monoisotopic (exact) mass is 484 g/mol. The average Bonchev–Trinajstić information content (AvgIpc) is 2.79. The minimum atomic E-state index is -4.82. The van der Waals surface area contributed by atoms with Crippen molar-refractivity contribution in [1.29, 1.82) is 0 Å². The first-order chi connectivity index (χ1) is 15.5. The molecule has 2 aromatic carbocycles. The van der Waals surface area contributed by atoms with Crippen molar-refractivity contribution in [2.24, 2.45) is 5.92 Å². The quantitative estimate of drug-likeness (QED) is 0.632. The Hall–Kier alpha value is -2.92. The number of carbonyl (C=O) groups is 2. The Morgan fingerprint density at radius 1 is 1.03 bits per heavy atom. The number of amides is 1. The van der Waals surface area contributed by atoms with Crippen LogP contribution in [0.25, 0.3) is 0 Å². The second kappa shape index (κ2) is 9.92. The van der Waals surface area contributed by atoms with Crippen LogP contribution >= 0.6 is 0 Å². The number of halogens is 3. The molecule has 11 heteroatoms. The topological polar surface area (TPSA) is 92.8 Å². The average molecular weight is 484 g/mol. The van der Waals surface area contributed by atoms with Gasteiger partial charge in [-0.15, -0.1) is 0 Å². The highest BCUT2D eigenvalue weighted by molar-refractivity contribution is 7.89. The van der Waals surface area contributed by atoms with Crippen LogP contribution in [-0.4, -0.2) is 43.8 Å². The van der Waals surface area contributed by atoms with E-state index in [1.165, 1.54) is 13.0 Å². The van der Waals surface area contributed by atoms with Crippen molar-refractivity contribution in [3.8, 4) is 0 Å². The minimum Gasteiger partial charge on any atom is -0.452 e. The van der Waals surface area contributed by atoms with E-state index in [2.05, 4.69) is 5.32 Å². The van der Waals surface area contributed by atoms with Crippen molar-refractivity contribution in [1.82, 2.24) is 4.31 Å². The summed E-state index contributed by atoms with van der Waals surface area (Å²) in [5.41, 5.74) is -0.687. The fourth-order valence-electron chi connectivity index (χ4n) is 3.49. The second-order valence-corrected chi connectivity index (χ2v) is 9.51. The summed E-state index contributed by atoms with van der Waals surface area (Å²) in [6.07, 6.45) is -5.75. The molecule has 7 nitrogen and oxygen atoms in total. The molecule has 1 unspecified atom stereocenters. The van der Waals surface area contributed by atoms with Crippen LogP contribution in [0.4, 0.5) is 18.9 Å². The molecule has 1 saturated heterocycles. The molecule has 0 aliphatic carbocycles. The molecule has 0 bridgehead atoms. The molecule has 33 heavy (non-hydrogen) atoms. The Bertz CT molecular complexity index is 1100. The molecular formula is C22H23F3N2O5S. The summed E-state index contributed by atoms with van der Waals surface area (Å²) in [5, 5.41) is 2.62. The van der Waals surface area contributed by atoms with Crippen molar-refractivity contribution in [3.63, 3.8) is 0 Å². The number of sulfonamides is 1. The maximum absolute atomic E-state index is 13.3. The third kappa shape index (κ3) is 5.91. The molecule has 1 aliphatic rings. The Kier molecular flexibility index (Phi) is 7.43. The number of nitrogens with one attached hydrogen (secondary N) is 1. The summed E-state index contributed by atoms with van der Waals surface area (Å²) in [6.45, 7) is 1.14. The zero-order valence-corrected chi connectivity index (χ0v) is 18.5. The van der Waals surface area contributed by atoms with Gasteiger partial charge >= 0.3 is 12.1 Å². The van der Waals surface area contributed by atoms with Gasteiger partial charge in [-0.25, -0.2) is 8.42 Å². The second-order valence-electron chi connectivity index (χ2n) is 7.61. The number of ether oxygens (including phenoxy) is 1. The van der Waals surface area contributed by atoms with E-state index in [9.17, 15) is 31.2 Å². The van der Waals surface area contributed by atoms with Gasteiger partial charge in [0.05, 0.1) is 16.4 Å². The molecule has 1 N–H and O–H groups in total. The summed E-state index contributed by atoms with van der Waals surface area (Å²) in [4.78, 5) is 23.9. The predicted molar refractivity (Wildman–Crippen MR) is 114 cm³/mol. The summed E-state index contributed by atoms with van der Waals surface area (Å²) >= 11 is 0. The van der Waals surface area contributed by atoms with Gasteiger partial charge in [-0.3, -0.25) is 9.59 Å². The number of hydrogen-bond donors (Lipinski definition) is 1. The van der Waals surface area contributed by atoms with E-state index in [-0.39, 0.29) is 25.9 Å². The number of alkyl halides is 3. The van der Waals surface area contributed by atoms with Crippen molar-refractivity contribution < 1.29 is 35.9 Å². The van der Waals surface area contributed by atoms with Crippen LogP contribution in [0.1, 0.15) is 25.3 Å². The van der Waals surface area contributed by atoms with Gasteiger partial charge in [0.1, 0.15) is 0 Å². The largest absolute Gasteiger partial charge is 0.452 e. The fraction of sp³-hybridized carbons (Fsp3) is 0.364. The van der Waals surface area contributed by atoms with E-state index in [0.29, 0.717) is 5.69 Å². The number of anilines is 1. The van der Waals surface area contributed by atoms with Crippen LogP contribution in [0.15, 0.2) is 59.5 Å². The molecule has 1 atom stereocenters. The van der Waals surface area contributed by atoms with Crippen molar-refractivity contribution in [2.45, 2.75) is 36.9 Å². The number of para-hydroxylation sites is 1. The van der Waals surface area contributed by atoms with Crippen molar-refractivity contribution >= 4 is 27.6 Å². The summed E-state index contributed by atoms with van der Waals surface area (Å²) in [7, 11) is -4.40. The highest BCUT2D eigenvalue weighted by Crippen LogP contribution is 2.36. The number of benzene rings is 2. The number of carbonyl (C=O) groups excluding carboxylic acids is 2. The lowest BCUT2D eigenvalue weighted by atomic mass is 9.98. The fourth-order valence-corrected chi connectivity index (χ4v) is 5.17. The number of rotatable bonds is 6. The molecule has 1 amide bonds. The van der Waals surface area contributed by atoms with Gasteiger partial charge < -0.3 is 10.1 Å². The van der Waals surface area contributed by atoms with E-state index < -0.39 is 50.6 Å². The van der Waals surface area contributed by atoms with Crippen molar-refractivity contribution in [3.05, 3.63) is 60.2 Å². The van der Waals surface area contributed by atoms with Gasteiger partial charge in [-0.05, 0) is 44.0 Å². The first-order valence-electron chi connectivity index (χ1n) is 10.2. The Morgan fingerprint density at radius 3 is 2.21 bits per heavy atom. The molecule has 1 fully saturated rings. The van der Waals surface area contributed by atoms with Crippen LogP contribution in [0.5, 0.6) is 0 Å². The first-order valence-corrected chi connectivity index (χ1v) is 11.7. The predicted octanol–water partition coefficient (Wildman–Crippen LogP) is 3.68. The number of piperidine rings is 1. The summed E-state index contributed by atoms with van der Waals surface area (Å²) in [6, 6.07) is 12.6. The minimum absolute atomic E-state index is 0.0687. The maximum atomic E-state index is 13.3. The molecule has 178 valence electrons. The molecule has 2 aromatic rings. The van der Waals surface area contributed by atoms with E-state index in [0.717, 1.165) is 22.5 Å². The highest BCUT2D eigenvalue weighted by Gasteiger charge is 2.40. The van der Waals surface area contributed by atoms with E-state index in [4.69, 9.17) is 4.74 Å². The molecule has 0 spiro atoms. The lowest BCUT2D eigenvalue weighted by molar-refractivity contribution is -0.158.